The Balaban J connectivity index is 1.63. The number of carboxylic acid groups (broad SMARTS) is 1. The summed E-state index contributed by atoms with van der Waals surface area (Å²) >= 11 is 0. The molecule has 27 nitrogen and oxygen atoms in total. The molecule has 1 aliphatic heterocycles. The van der Waals surface area contributed by atoms with Gasteiger partial charge < -0.3 is 80.5 Å². The second-order valence-electron chi connectivity index (χ2n) is 18.9. The number of aromatic amines is 2. The number of nitrogens with zero attached hydrogens (tertiary/aromatic N) is 2. The van der Waals surface area contributed by atoms with Crippen LogP contribution >= 0.6 is 21.6 Å². The molecule has 0 unspecified atom stereocenters. The summed E-state index contributed by atoms with van der Waals surface area (Å²) in [5.74, 6) is -9.76. The topological polar surface area (TPSA) is 448 Å². The predicted molar refractivity (Wildman–Crippen MR) is 299 cm³/mol. The fourth-order valence-electron chi connectivity index (χ4n) is 8.45. The first-order chi connectivity index (χ1) is 38.3. The maximum atomic E-state index is 14.9. The van der Waals surface area contributed by atoms with Crippen LogP contribution in [0.5, 0.6) is 0 Å². The molecule has 2 aromatic heterocycles. The zero-order chi connectivity index (χ0) is 58.1. The molecule has 80 heavy (non-hydrogen) atoms. The van der Waals surface area contributed by atoms with Crippen LogP contribution in [0.15, 0.2) is 78.3 Å². The molecule has 0 saturated carbocycles. The van der Waals surface area contributed by atoms with Crippen molar-refractivity contribution in [2.75, 3.05) is 24.6 Å². The molecule has 0 radical (unpaired) electrons. The van der Waals surface area contributed by atoms with Gasteiger partial charge in [0.15, 0.2) is 5.96 Å². The number of H-pyrrole nitrogens is 2. The van der Waals surface area contributed by atoms with E-state index < -0.39 is 120 Å². The summed E-state index contributed by atoms with van der Waals surface area (Å²) in [4.78, 5) is 153. The number of carbonyl (C=O) groups is 10. The zero-order valence-electron chi connectivity index (χ0n) is 44.0. The Morgan fingerprint density at radius 2 is 1.31 bits per heavy atom. The number of aliphatic imine (C=N–C) groups is 1. The van der Waals surface area contributed by atoms with Crippen molar-refractivity contribution in [1.29, 1.82) is 0 Å². The molecule has 0 bridgehead atoms. The third-order valence-corrected chi connectivity index (χ3v) is 15.0. The summed E-state index contributed by atoms with van der Waals surface area (Å²) in [6.07, 6.45) is 3.81. The number of nitrogens with one attached hydrogen (secondary N) is 10. The molecule has 0 spiro atoms. The summed E-state index contributed by atoms with van der Waals surface area (Å²) in [6, 6.07) is 4.30. The quantitative estimate of drug-likeness (QED) is 0.0181. The number of hydrogen-bond acceptors (Lipinski definition) is 15. The Labute approximate surface area is 468 Å². The van der Waals surface area contributed by atoms with Crippen LogP contribution < -0.4 is 65.5 Å². The third-order valence-electron chi connectivity index (χ3n) is 12.6. The van der Waals surface area contributed by atoms with Crippen molar-refractivity contribution in [3.8, 4) is 0 Å². The van der Waals surface area contributed by atoms with Gasteiger partial charge in [-0.3, -0.25) is 52.9 Å². The van der Waals surface area contributed by atoms with Gasteiger partial charge in [-0.15, -0.1) is 0 Å². The van der Waals surface area contributed by atoms with Gasteiger partial charge in [-0.2, -0.15) is 0 Å². The SMILES string of the molecule is CC(=O)N[C@H]1CSSC[C@@H](C(=O)N[C@@H](CCCCN)C(N)=O)NC(=O)[C@H](Cc2c[nH]c3ccccc23)NC(=O)[C@H](CCCN=C(N)N)NC(=O)[C@H](Cc2ccccc2)NC(=O)[C@H](Cc2cnc[nH]2)NC(=O)[C@H](CCC(=O)O)NC1=O. The molecule has 1 aliphatic rings. The van der Waals surface area contributed by atoms with Crippen molar-refractivity contribution in [1.82, 2.24) is 57.5 Å². The van der Waals surface area contributed by atoms with Gasteiger partial charge in [0.25, 0.3) is 0 Å². The van der Waals surface area contributed by atoms with Gasteiger partial charge in [0.2, 0.25) is 53.2 Å². The van der Waals surface area contributed by atoms with Gasteiger partial charge in [0.1, 0.15) is 48.3 Å². The first-order valence-electron chi connectivity index (χ1n) is 25.8. The average molecular weight is 1150 g/mol. The van der Waals surface area contributed by atoms with E-state index in [1.165, 1.54) is 12.5 Å². The molecule has 8 atom stereocenters. The monoisotopic (exact) mass is 1150 g/mol. The van der Waals surface area contributed by atoms with E-state index in [-0.39, 0.29) is 62.5 Å². The van der Waals surface area contributed by atoms with E-state index in [0.29, 0.717) is 47.1 Å². The predicted octanol–water partition coefficient (Wildman–Crippen LogP) is -2.26. The number of aliphatic carboxylic acids is 1. The van der Waals surface area contributed by atoms with Crippen molar-refractivity contribution in [2.45, 2.75) is 119 Å². The number of imidazole rings is 1. The first kappa shape index (κ1) is 62.7. The number of rotatable bonds is 21. The molecule has 1 fully saturated rings. The van der Waals surface area contributed by atoms with Gasteiger partial charge in [-0.25, -0.2) is 4.98 Å². The van der Waals surface area contributed by atoms with Gasteiger partial charge in [0.05, 0.1) is 6.33 Å². The number of carbonyl (C=O) groups excluding carboxylic acids is 9. The molecule has 9 amide bonds. The number of guanidine groups is 1. The molecule has 2 aromatic carbocycles. The smallest absolute Gasteiger partial charge is 0.303 e. The molecule has 5 rings (SSSR count). The van der Waals surface area contributed by atoms with Gasteiger partial charge >= 0.3 is 5.97 Å². The second-order valence-corrected chi connectivity index (χ2v) is 21.4. The van der Waals surface area contributed by atoms with E-state index in [2.05, 4.69) is 62.5 Å². The Morgan fingerprint density at radius 1 is 0.713 bits per heavy atom. The summed E-state index contributed by atoms with van der Waals surface area (Å²) < 4.78 is 0. The largest absolute Gasteiger partial charge is 0.481 e. The summed E-state index contributed by atoms with van der Waals surface area (Å²) in [7, 11) is 1.96. The number of benzene rings is 2. The molecule has 4 aromatic rings. The van der Waals surface area contributed by atoms with E-state index in [4.69, 9.17) is 22.9 Å². The van der Waals surface area contributed by atoms with Crippen molar-refractivity contribution >= 4 is 97.6 Å². The molecule has 1 saturated heterocycles. The van der Waals surface area contributed by atoms with Crippen LogP contribution in [0, 0.1) is 0 Å². The Kier molecular flexibility index (Phi) is 25.1. The molecular weight excluding hydrogens is 1080 g/mol. The van der Waals surface area contributed by atoms with Crippen LogP contribution in [-0.2, 0) is 67.2 Å². The zero-order valence-corrected chi connectivity index (χ0v) is 45.6. The highest BCUT2D eigenvalue weighted by Crippen LogP contribution is 2.25. The fraction of sp³-hybridized carbons (Fsp3) is 0.451. The normalized spacial score (nSPS) is 21.5. The number of nitrogens with two attached hydrogens (primary N) is 4. The first-order valence-corrected chi connectivity index (χ1v) is 28.3. The third kappa shape index (κ3) is 20.6. The van der Waals surface area contributed by atoms with E-state index in [1.807, 2.05) is 6.07 Å². The Morgan fingerprint density at radius 3 is 1.95 bits per heavy atom. The van der Waals surface area contributed by atoms with Crippen LogP contribution in [0.2, 0.25) is 0 Å². The number of para-hydroxylation sites is 1. The van der Waals surface area contributed by atoms with E-state index >= 15 is 0 Å². The minimum absolute atomic E-state index is 0.0187. The highest BCUT2D eigenvalue weighted by Gasteiger charge is 2.36. The van der Waals surface area contributed by atoms with Gasteiger partial charge in [-0.05, 0) is 62.3 Å². The summed E-state index contributed by atoms with van der Waals surface area (Å²) in [5.41, 5.74) is 24.8. The maximum absolute atomic E-state index is 14.9. The highest BCUT2D eigenvalue weighted by atomic mass is 33.1. The average Bonchev–Trinajstić information content (AvgIpc) is 4.09. The van der Waals surface area contributed by atoms with Gasteiger partial charge in [-0.1, -0.05) is 70.1 Å². The van der Waals surface area contributed by atoms with Crippen molar-refractivity contribution in [3.63, 3.8) is 0 Å². The lowest BCUT2D eigenvalue weighted by Gasteiger charge is -2.28. The lowest BCUT2D eigenvalue weighted by Crippen LogP contribution is -2.61. The van der Waals surface area contributed by atoms with Crippen LogP contribution in [0.4, 0.5) is 0 Å². The van der Waals surface area contributed by atoms with Crippen molar-refractivity contribution < 1.29 is 53.1 Å². The number of primary amides is 1. The van der Waals surface area contributed by atoms with Crippen LogP contribution in [-0.4, -0.2) is 158 Å². The number of amides is 9. The number of aromatic nitrogens is 3. The van der Waals surface area contributed by atoms with E-state index in [0.717, 1.165) is 28.5 Å². The lowest BCUT2D eigenvalue weighted by molar-refractivity contribution is -0.138. The number of hydrogen-bond donors (Lipinski definition) is 15. The highest BCUT2D eigenvalue weighted by molar-refractivity contribution is 8.76. The number of fused-ring (bicyclic) bond motifs is 1. The molecule has 29 heteroatoms. The fourth-order valence-corrected chi connectivity index (χ4v) is 10.8. The van der Waals surface area contributed by atoms with E-state index in [1.54, 1.807) is 54.7 Å². The minimum Gasteiger partial charge on any atom is -0.481 e. The number of unbranched alkanes of at least 4 members (excludes halogenated alkanes) is 1. The van der Waals surface area contributed by atoms with Crippen LogP contribution in [0.1, 0.15) is 68.7 Å². The summed E-state index contributed by atoms with van der Waals surface area (Å²) in [5, 5.41) is 31.6. The van der Waals surface area contributed by atoms with Crippen molar-refractivity contribution in [2.24, 2.45) is 27.9 Å². The van der Waals surface area contributed by atoms with Crippen LogP contribution in [0.25, 0.3) is 10.9 Å². The Bertz CT molecular complexity index is 2800. The minimum atomic E-state index is -1.60. The maximum Gasteiger partial charge on any atom is 0.303 e. The standard InChI is InChI=1S/C51H70N16O11S2/c1-28(68)60-40-25-79-80-26-41(50(78)61-34(43(53)71)14-7-8-18-52)67-47(75)38(21-30-23-58-33-13-6-5-12-32(30)33)65-44(72)35(15-9-19-57-51(54)55)62-46(74)37(20-29-10-3-2-4-11-29)64-48(76)39(22-31-24-56-27-59-31)66-45(73)36(63-49(40)77)16-17-42(69)70/h2-6,10-13,23-24,27,34-41,58H,7-9,14-22,25-26,52H2,1H3,(H2,53,71)(H,56,59)(H,60,68)(H,61,78)(H,62,74)(H,63,77)(H,64,76)(H,65,72)(H,66,73)(H,67,75)(H,69,70)(H4,54,55,57)/t34-,35-,36-,37-,38-,39-,40-,41-/m0/s1. The molecule has 432 valence electrons. The summed E-state index contributed by atoms with van der Waals surface area (Å²) in [6.45, 7) is 1.47. The van der Waals surface area contributed by atoms with Crippen LogP contribution in [0.3, 0.4) is 0 Å². The van der Waals surface area contributed by atoms with E-state index in [9.17, 15) is 53.1 Å². The molecular formula is C51H70N16O11S2. The van der Waals surface area contributed by atoms with Crippen molar-refractivity contribution in [3.05, 3.63) is 90.1 Å². The second kappa shape index (κ2) is 32.0. The Hall–Kier alpha value is -8.18. The molecule has 3 heterocycles. The molecule has 0 aliphatic carbocycles. The molecule has 19 N–H and O–H groups in total. The number of carboxylic acids is 1. The van der Waals surface area contributed by atoms with Gasteiger partial charge in [0, 0.05) is 79.6 Å². The lowest BCUT2D eigenvalue weighted by atomic mass is 10.0.